The molecule has 4 rings (SSSR count). The Balaban J connectivity index is 2.13. The second-order valence-electron chi connectivity index (χ2n) is 5.80. The summed E-state index contributed by atoms with van der Waals surface area (Å²) in [7, 11) is 0. The Hall–Kier alpha value is -2.55. The molecule has 0 amide bonds. The fourth-order valence-corrected chi connectivity index (χ4v) is 3.35. The summed E-state index contributed by atoms with van der Waals surface area (Å²) in [6.45, 7) is 4.35. The topological polar surface area (TPSA) is 31.2 Å². The highest BCUT2D eigenvalue weighted by molar-refractivity contribution is 6.03. The van der Waals surface area contributed by atoms with Crippen molar-refractivity contribution in [1.29, 1.82) is 0 Å². The van der Waals surface area contributed by atoms with Crippen LogP contribution in [-0.4, -0.2) is 17.1 Å². The molecular weight excluding hydrogens is 274 g/mol. The molecule has 3 heteroatoms. The molecule has 0 spiro atoms. The van der Waals surface area contributed by atoms with E-state index < -0.39 is 0 Å². The van der Waals surface area contributed by atoms with Gasteiger partial charge < -0.3 is 4.74 Å². The van der Waals surface area contributed by atoms with Crippen molar-refractivity contribution < 1.29 is 9.53 Å². The fraction of sp³-hybridized carbons (Fsp3) is 0.211. The molecule has 0 atom stereocenters. The number of carbonyl (C=O) groups is 1. The molecule has 0 fully saturated rings. The summed E-state index contributed by atoms with van der Waals surface area (Å²) in [5.74, 6) is 0.915. The minimum Gasteiger partial charge on any atom is -0.493 e. The van der Waals surface area contributed by atoms with Gasteiger partial charge in [0.1, 0.15) is 5.75 Å². The van der Waals surface area contributed by atoms with Crippen molar-refractivity contribution in [1.82, 2.24) is 4.57 Å². The highest BCUT2D eigenvalue weighted by Gasteiger charge is 2.25. The maximum atomic E-state index is 12.3. The molecule has 0 aliphatic carbocycles. The van der Waals surface area contributed by atoms with Gasteiger partial charge in [-0.05, 0) is 30.2 Å². The number of aryl methyl sites for hydroxylation is 1. The van der Waals surface area contributed by atoms with Crippen molar-refractivity contribution in [3.05, 3.63) is 53.6 Å². The quantitative estimate of drug-likeness (QED) is 0.672. The van der Waals surface area contributed by atoms with Gasteiger partial charge in [0.2, 0.25) is 5.91 Å². The average Bonchev–Trinajstić information content (AvgIpc) is 2.85. The second-order valence-corrected chi connectivity index (χ2v) is 5.80. The van der Waals surface area contributed by atoms with E-state index in [0.29, 0.717) is 6.61 Å². The number of hydrogen-bond donors (Lipinski definition) is 0. The Morgan fingerprint density at radius 1 is 1.14 bits per heavy atom. The molecule has 0 radical (unpaired) electrons. The molecule has 1 aliphatic heterocycles. The summed E-state index contributed by atoms with van der Waals surface area (Å²) < 4.78 is 7.60. The lowest BCUT2D eigenvalue weighted by Crippen LogP contribution is -2.09. The molecule has 110 valence electrons. The Bertz CT molecular complexity index is 888. The standard InChI is InChI=1S/C19H17NO2/c1-12-6-8-14(9-7-12)19-15-10-11-22-17-5-3-4-16(18(15)17)20(19)13(2)21/h3-9H,10-11H2,1-2H3. The van der Waals surface area contributed by atoms with Crippen LogP contribution in [0.1, 0.15) is 22.8 Å². The first-order valence-corrected chi connectivity index (χ1v) is 7.54. The first-order chi connectivity index (χ1) is 10.7. The summed E-state index contributed by atoms with van der Waals surface area (Å²) in [5.41, 5.74) is 5.47. The van der Waals surface area contributed by atoms with E-state index in [1.54, 1.807) is 6.92 Å². The van der Waals surface area contributed by atoms with Crippen molar-refractivity contribution in [2.45, 2.75) is 20.3 Å². The lowest BCUT2D eigenvalue weighted by molar-refractivity contribution is 0.0943. The van der Waals surface area contributed by atoms with Crippen LogP contribution in [0.2, 0.25) is 0 Å². The predicted molar refractivity (Wildman–Crippen MR) is 87.6 cm³/mol. The molecule has 3 aromatic rings. The highest BCUT2D eigenvalue weighted by atomic mass is 16.5. The molecule has 0 unspecified atom stereocenters. The molecule has 0 saturated carbocycles. The van der Waals surface area contributed by atoms with Gasteiger partial charge >= 0.3 is 0 Å². The van der Waals surface area contributed by atoms with Gasteiger partial charge in [-0.2, -0.15) is 0 Å². The van der Waals surface area contributed by atoms with Crippen LogP contribution in [0.15, 0.2) is 42.5 Å². The van der Waals surface area contributed by atoms with E-state index in [-0.39, 0.29) is 5.91 Å². The van der Waals surface area contributed by atoms with Gasteiger partial charge in [-0.25, -0.2) is 0 Å². The number of nitrogens with zero attached hydrogens (tertiary/aromatic N) is 1. The van der Waals surface area contributed by atoms with Gasteiger partial charge in [0.25, 0.3) is 0 Å². The Labute approximate surface area is 129 Å². The van der Waals surface area contributed by atoms with E-state index >= 15 is 0 Å². The first kappa shape index (κ1) is 13.1. The summed E-state index contributed by atoms with van der Waals surface area (Å²) in [5, 5.41) is 1.08. The maximum absolute atomic E-state index is 12.3. The SMILES string of the molecule is CC(=O)n1c(-c2ccc(C)cc2)c2c3c(cccc31)OCC2. The smallest absolute Gasteiger partial charge is 0.228 e. The number of carbonyl (C=O) groups excluding carboxylic acids is 1. The average molecular weight is 291 g/mol. The van der Waals surface area contributed by atoms with Crippen LogP contribution in [0.4, 0.5) is 0 Å². The van der Waals surface area contributed by atoms with E-state index in [4.69, 9.17) is 4.74 Å². The molecular formula is C19H17NO2. The zero-order chi connectivity index (χ0) is 15.3. The Morgan fingerprint density at radius 2 is 1.91 bits per heavy atom. The van der Waals surface area contributed by atoms with Gasteiger partial charge in [0.05, 0.1) is 17.8 Å². The molecule has 1 aromatic heterocycles. The van der Waals surface area contributed by atoms with Crippen LogP contribution < -0.4 is 4.74 Å². The third-order valence-corrected chi connectivity index (χ3v) is 4.31. The molecule has 0 saturated heterocycles. The van der Waals surface area contributed by atoms with Crippen molar-refractivity contribution in [2.75, 3.05) is 6.61 Å². The largest absolute Gasteiger partial charge is 0.493 e. The second kappa shape index (κ2) is 4.73. The first-order valence-electron chi connectivity index (χ1n) is 7.54. The summed E-state index contributed by atoms with van der Waals surface area (Å²) in [6.07, 6.45) is 0.830. The minimum atomic E-state index is 0.0332. The van der Waals surface area contributed by atoms with E-state index in [1.807, 2.05) is 22.8 Å². The van der Waals surface area contributed by atoms with Crippen LogP contribution in [0, 0.1) is 6.92 Å². The van der Waals surface area contributed by atoms with Crippen LogP contribution in [-0.2, 0) is 6.42 Å². The highest BCUT2D eigenvalue weighted by Crippen LogP contribution is 2.41. The summed E-state index contributed by atoms with van der Waals surface area (Å²) in [4.78, 5) is 12.3. The van der Waals surface area contributed by atoms with Gasteiger partial charge in [-0.1, -0.05) is 35.9 Å². The van der Waals surface area contributed by atoms with Crippen LogP contribution in [0.25, 0.3) is 22.2 Å². The van der Waals surface area contributed by atoms with Crippen molar-refractivity contribution in [2.24, 2.45) is 0 Å². The molecule has 2 heterocycles. The van der Waals surface area contributed by atoms with Crippen LogP contribution >= 0.6 is 0 Å². The number of rotatable bonds is 1. The molecule has 0 bridgehead atoms. The fourth-order valence-electron chi connectivity index (χ4n) is 3.35. The van der Waals surface area contributed by atoms with E-state index in [2.05, 4.69) is 31.2 Å². The molecule has 0 N–H and O–H groups in total. The van der Waals surface area contributed by atoms with E-state index in [9.17, 15) is 4.79 Å². The van der Waals surface area contributed by atoms with Crippen LogP contribution in [0.5, 0.6) is 5.75 Å². The predicted octanol–water partition coefficient (Wildman–Crippen LogP) is 4.21. The molecule has 2 aromatic carbocycles. The molecule has 1 aliphatic rings. The minimum absolute atomic E-state index is 0.0332. The van der Waals surface area contributed by atoms with Crippen molar-refractivity contribution >= 4 is 16.8 Å². The Morgan fingerprint density at radius 3 is 2.64 bits per heavy atom. The van der Waals surface area contributed by atoms with E-state index in [0.717, 1.165) is 34.3 Å². The zero-order valence-electron chi connectivity index (χ0n) is 12.7. The summed E-state index contributed by atoms with van der Waals surface area (Å²) >= 11 is 0. The van der Waals surface area contributed by atoms with Gasteiger partial charge in [0, 0.05) is 18.7 Å². The van der Waals surface area contributed by atoms with E-state index in [1.165, 1.54) is 11.1 Å². The number of hydrogen-bond acceptors (Lipinski definition) is 2. The van der Waals surface area contributed by atoms with Crippen LogP contribution in [0.3, 0.4) is 0 Å². The maximum Gasteiger partial charge on any atom is 0.228 e. The third kappa shape index (κ3) is 1.78. The number of benzene rings is 2. The van der Waals surface area contributed by atoms with Crippen molar-refractivity contribution in [3.63, 3.8) is 0 Å². The lowest BCUT2D eigenvalue weighted by atomic mass is 10.0. The normalized spacial score (nSPS) is 13.2. The zero-order valence-corrected chi connectivity index (χ0v) is 12.7. The van der Waals surface area contributed by atoms with Gasteiger partial charge in [-0.15, -0.1) is 0 Å². The number of ether oxygens (including phenoxy) is 1. The molecule has 3 nitrogen and oxygen atoms in total. The molecule has 22 heavy (non-hydrogen) atoms. The number of aromatic nitrogens is 1. The third-order valence-electron chi connectivity index (χ3n) is 4.31. The summed E-state index contributed by atoms with van der Waals surface area (Å²) in [6, 6.07) is 14.3. The Kier molecular flexibility index (Phi) is 2.83. The van der Waals surface area contributed by atoms with Crippen molar-refractivity contribution in [3.8, 4) is 17.0 Å². The monoisotopic (exact) mass is 291 g/mol. The lowest BCUT2D eigenvalue weighted by Gasteiger charge is -2.15. The van der Waals surface area contributed by atoms with Gasteiger partial charge in [0.15, 0.2) is 0 Å². The van der Waals surface area contributed by atoms with Gasteiger partial charge in [-0.3, -0.25) is 9.36 Å².